The molecule has 0 spiro atoms. The third kappa shape index (κ3) is 4.24. The van der Waals surface area contributed by atoms with Crippen LogP contribution in [0.4, 0.5) is 15.9 Å². The van der Waals surface area contributed by atoms with Gasteiger partial charge in [0.25, 0.3) is 10.0 Å². The van der Waals surface area contributed by atoms with Crippen molar-refractivity contribution in [3.05, 3.63) is 70.3 Å². The van der Waals surface area contributed by atoms with E-state index in [0.717, 1.165) is 0 Å². The highest BCUT2D eigenvalue weighted by Gasteiger charge is 2.18. The molecule has 1 aromatic heterocycles. The number of hydrogen-bond acceptors (Lipinski definition) is 6. The van der Waals surface area contributed by atoms with Crippen molar-refractivity contribution in [3.63, 3.8) is 0 Å². The number of thiazole rings is 1. The summed E-state index contributed by atoms with van der Waals surface area (Å²) in [7, 11) is -3.86. The van der Waals surface area contributed by atoms with E-state index < -0.39 is 16.1 Å². The molecule has 6 nitrogen and oxygen atoms in total. The summed E-state index contributed by atoms with van der Waals surface area (Å²) in [6.45, 7) is 1.76. The Bertz CT molecular complexity index is 1090. The van der Waals surface area contributed by atoms with Crippen LogP contribution in [-0.2, 0) is 10.0 Å². The Kier molecular flexibility index (Phi) is 5.39. The topological polar surface area (TPSA) is 94.9 Å². The molecule has 0 saturated heterocycles. The van der Waals surface area contributed by atoms with Gasteiger partial charge in [0.2, 0.25) is 0 Å². The monoisotopic (exact) mass is 402 g/mol. The predicted octanol–water partition coefficient (Wildman–Crippen LogP) is 4.13. The van der Waals surface area contributed by atoms with Crippen molar-refractivity contribution in [3.8, 4) is 6.07 Å². The van der Waals surface area contributed by atoms with Gasteiger partial charge in [-0.2, -0.15) is 5.26 Å². The van der Waals surface area contributed by atoms with Crippen LogP contribution in [0.1, 0.15) is 24.1 Å². The second-order valence-electron chi connectivity index (χ2n) is 5.69. The van der Waals surface area contributed by atoms with Gasteiger partial charge >= 0.3 is 0 Å². The molecule has 1 unspecified atom stereocenters. The molecule has 0 saturated carbocycles. The van der Waals surface area contributed by atoms with Gasteiger partial charge in [-0.3, -0.25) is 4.72 Å². The van der Waals surface area contributed by atoms with Crippen LogP contribution in [-0.4, -0.2) is 13.4 Å². The minimum atomic E-state index is -3.86. The number of nitrogens with zero attached hydrogens (tertiary/aromatic N) is 2. The molecule has 0 amide bonds. The van der Waals surface area contributed by atoms with E-state index in [0.29, 0.717) is 11.3 Å². The highest BCUT2D eigenvalue weighted by atomic mass is 32.2. The highest BCUT2D eigenvalue weighted by molar-refractivity contribution is 7.92. The molecular weight excluding hydrogens is 387 g/mol. The molecule has 0 aliphatic heterocycles. The number of rotatable bonds is 6. The van der Waals surface area contributed by atoms with E-state index in [1.54, 1.807) is 30.5 Å². The second-order valence-corrected chi connectivity index (χ2v) is 8.09. The lowest BCUT2D eigenvalue weighted by atomic mass is 10.1. The summed E-state index contributed by atoms with van der Waals surface area (Å²) in [6.07, 6.45) is 0. The van der Waals surface area contributed by atoms with Crippen molar-refractivity contribution >= 4 is 32.9 Å². The molecule has 3 aromatic rings. The molecule has 1 heterocycles. The van der Waals surface area contributed by atoms with Gasteiger partial charge in [-0.15, -0.1) is 11.3 Å². The zero-order chi connectivity index (χ0) is 19.4. The van der Waals surface area contributed by atoms with Crippen LogP contribution < -0.4 is 10.0 Å². The highest BCUT2D eigenvalue weighted by Crippen LogP contribution is 2.26. The number of benzene rings is 2. The summed E-state index contributed by atoms with van der Waals surface area (Å²) >= 11 is 1.26. The van der Waals surface area contributed by atoms with Gasteiger partial charge in [0.15, 0.2) is 5.82 Å². The maximum absolute atomic E-state index is 13.9. The average Bonchev–Trinajstić information content (AvgIpc) is 3.14. The predicted molar refractivity (Wildman–Crippen MR) is 103 cm³/mol. The van der Waals surface area contributed by atoms with E-state index in [-0.39, 0.29) is 22.1 Å². The number of anilines is 2. The molecule has 27 heavy (non-hydrogen) atoms. The zero-order valence-electron chi connectivity index (χ0n) is 14.2. The van der Waals surface area contributed by atoms with Gasteiger partial charge < -0.3 is 5.32 Å². The summed E-state index contributed by atoms with van der Waals surface area (Å²) in [5, 5.41) is 14.0. The molecule has 138 valence electrons. The van der Waals surface area contributed by atoms with Gasteiger partial charge in [-0.1, -0.05) is 18.2 Å². The molecule has 0 fully saturated rings. The van der Waals surface area contributed by atoms with Gasteiger partial charge in [-0.25, -0.2) is 17.8 Å². The van der Waals surface area contributed by atoms with E-state index in [2.05, 4.69) is 15.0 Å². The smallest absolute Gasteiger partial charge is 0.263 e. The number of aromatic nitrogens is 1. The number of halogens is 1. The van der Waals surface area contributed by atoms with Crippen LogP contribution in [0.3, 0.4) is 0 Å². The average molecular weight is 402 g/mol. The number of nitriles is 1. The minimum absolute atomic E-state index is 0.0591. The van der Waals surface area contributed by atoms with Crippen LogP contribution in [0.5, 0.6) is 0 Å². The van der Waals surface area contributed by atoms with E-state index in [4.69, 9.17) is 0 Å². The van der Waals surface area contributed by atoms with Gasteiger partial charge in [0, 0.05) is 10.9 Å². The lowest BCUT2D eigenvalue weighted by Crippen LogP contribution is -2.14. The summed E-state index contributed by atoms with van der Waals surface area (Å²) in [5.74, 6) is -0.142. The maximum Gasteiger partial charge on any atom is 0.263 e. The summed E-state index contributed by atoms with van der Waals surface area (Å²) in [5.41, 5.74) is 2.51. The zero-order valence-corrected chi connectivity index (χ0v) is 15.8. The van der Waals surface area contributed by atoms with Crippen LogP contribution in [0.2, 0.25) is 0 Å². The number of nitrogens with one attached hydrogen (secondary N) is 2. The molecule has 0 aliphatic carbocycles. The number of hydrogen-bond donors (Lipinski definition) is 2. The van der Waals surface area contributed by atoms with Gasteiger partial charge in [-0.05, 0) is 31.2 Å². The molecule has 2 aromatic carbocycles. The summed E-state index contributed by atoms with van der Waals surface area (Å²) in [4.78, 5) is 3.82. The van der Waals surface area contributed by atoms with Crippen molar-refractivity contribution in [2.24, 2.45) is 0 Å². The molecule has 3 rings (SSSR count). The molecule has 0 radical (unpaired) electrons. The van der Waals surface area contributed by atoms with Crippen molar-refractivity contribution in [1.82, 2.24) is 4.98 Å². The van der Waals surface area contributed by atoms with Crippen molar-refractivity contribution in [1.29, 1.82) is 5.26 Å². The third-order valence-corrected chi connectivity index (χ3v) is 5.78. The fraction of sp³-hybridized carbons (Fsp3) is 0.111. The Morgan fingerprint density at radius 2 is 2.04 bits per heavy atom. The molecule has 0 aliphatic rings. The first-order chi connectivity index (χ1) is 12.9. The Morgan fingerprint density at radius 3 is 2.70 bits per heavy atom. The molecular formula is C18H15FN4O2S2. The summed E-state index contributed by atoms with van der Waals surface area (Å²) in [6, 6.07) is 12.0. The van der Waals surface area contributed by atoms with Crippen molar-refractivity contribution in [2.45, 2.75) is 17.9 Å². The maximum atomic E-state index is 13.9. The lowest BCUT2D eigenvalue weighted by molar-refractivity contribution is 0.600. The lowest BCUT2D eigenvalue weighted by Gasteiger charge is -2.18. The quantitative estimate of drug-likeness (QED) is 0.646. The summed E-state index contributed by atoms with van der Waals surface area (Å²) < 4.78 is 41.2. The van der Waals surface area contributed by atoms with E-state index in [1.807, 2.05) is 6.07 Å². The van der Waals surface area contributed by atoms with Crippen molar-refractivity contribution < 1.29 is 12.8 Å². The fourth-order valence-electron chi connectivity index (χ4n) is 2.51. The SMILES string of the molecule is CC(Nc1ccc(S(=O)(=O)Nc2cscn2)cc1C#N)c1ccccc1F. The van der Waals surface area contributed by atoms with E-state index in [1.165, 1.54) is 41.1 Å². The Balaban J connectivity index is 1.87. The standard InChI is InChI=1S/C18H15FN4O2S2/c1-12(15-4-2-3-5-16(15)19)22-17-7-6-14(8-13(17)9-20)27(24,25)23-18-10-26-11-21-18/h2-8,10-12,22-23H,1H3. The van der Waals surface area contributed by atoms with Crippen molar-refractivity contribution in [2.75, 3.05) is 10.0 Å². The molecule has 1 atom stereocenters. The number of sulfonamides is 1. The van der Waals surface area contributed by atoms with Crippen LogP contribution >= 0.6 is 11.3 Å². The second kappa shape index (κ2) is 7.73. The van der Waals surface area contributed by atoms with Gasteiger partial charge in [0.05, 0.1) is 27.7 Å². The molecule has 2 N–H and O–H groups in total. The van der Waals surface area contributed by atoms with Crippen LogP contribution in [0, 0.1) is 17.1 Å². The largest absolute Gasteiger partial charge is 0.377 e. The van der Waals surface area contributed by atoms with E-state index >= 15 is 0 Å². The first kappa shape index (κ1) is 18.8. The first-order valence-electron chi connectivity index (χ1n) is 7.87. The first-order valence-corrected chi connectivity index (χ1v) is 10.3. The van der Waals surface area contributed by atoms with Crippen LogP contribution in [0.15, 0.2) is 58.3 Å². The minimum Gasteiger partial charge on any atom is -0.377 e. The Morgan fingerprint density at radius 1 is 1.26 bits per heavy atom. The molecule has 0 bridgehead atoms. The molecule has 9 heteroatoms. The normalized spacial score (nSPS) is 12.2. The van der Waals surface area contributed by atoms with Crippen LogP contribution in [0.25, 0.3) is 0 Å². The Hall–Kier alpha value is -2.96. The van der Waals surface area contributed by atoms with Gasteiger partial charge in [0.1, 0.15) is 11.9 Å². The third-order valence-electron chi connectivity index (χ3n) is 3.84. The Labute approximate surface area is 160 Å². The van der Waals surface area contributed by atoms with E-state index in [9.17, 15) is 18.1 Å². The fourth-order valence-corrected chi connectivity index (χ4v) is 4.09.